The van der Waals surface area contributed by atoms with Crippen LogP contribution in [0, 0.1) is 5.41 Å². The van der Waals surface area contributed by atoms with Crippen molar-refractivity contribution in [1.29, 1.82) is 0 Å². The van der Waals surface area contributed by atoms with Gasteiger partial charge in [-0.1, -0.05) is 50.2 Å². The highest BCUT2D eigenvalue weighted by Crippen LogP contribution is 2.29. The Hall–Kier alpha value is -2.79. The first-order valence-corrected chi connectivity index (χ1v) is 9.05. The fourth-order valence-corrected chi connectivity index (χ4v) is 3.04. The number of amides is 1. The number of ether oxygens (including phenoxy) is 1. The molecular weight excluding hydrogens is 340 g/mol. The molecule has 3 rings (SSSR count). The number of hydrogen-bond donors (Lipinski definition) is 1. The normalized spacial score (nSPS) is 11.6. The number of hydrogen-bond acceptors (Lipinski definition) is 4. The first-order chi connectivity index (χ1) is 12.9. The number of para-hydroxylation sites is 2. The lowest BCUT2D eigenvalue weighted by atomic mass is 9.93. The van der Waals surface area contributed by atoms with Crippen LogP contribution in [0.5, 0.6) is 5.75 Å². The second kappa shape index (κ2) is 7.84. The molecule has 2 N–H and O–H groups in total. The number of nitrogens with two attached hydrogens (primary N) is 1. The van der Waals surface area contributed by atoms with E-state index in [0.717, 1.165) is 16.7 Å². The summed E-state index contributed by atoms with van der Waals surface area (Å²) in [6.07, 6.45) is 0. The number of rotatable bonds is 7. The zero-order valence-corrected chi connectivity index (χ0v) is 16.1. The molecule has 0 fully saturated rings. The first-order valence-electron chi connectivity index (χ1n) is 9.05. The molecule has 0 bridgehead atoms. The number of fused-ring (bicyclic) bond motifs is 1. The summed E-state index contributed by atoms with van der Waals surface area (Å²) in [5.74, 6) is 0.903. The van der Waals surface area contributed by atoms with Gasteiger partial charge in [0.25, 0.3) is 5.91 Å². The summed E-state index contributed by atoms with van der Waals surface area (Å²) < 4.78 is 11.8. The van der Waals surface area contributed by atoms with E-state index in [9.17, 15) is 4.79 Å². The summed E-state index contributed by atoms with van der Waals surface area (Å²) in [6.45, 7) is 5.37. The molecule has 0 saturated carbocycles. The predicted octanol–water partition coefficient (Wildman–Crippen LogP) is 4.07. The van der Waals surface area contributed by atoms with Gasteiger partial charge in [-0.25, -0.2) is 0 Å². The Morgan fingerprint density at radius 2 is 1.78 bits per heavy atom. The lowest BCUT2D eigenvalue weighted by Crippen LogP contribution is -2.39. The Morgan fingerprint density at radius 3 is 2.48 bits per heavy atom. The molecule has 0 saturated heterocycles. The molecule has 1 amide bonds. The fourth-order valence-electron chi connectivity index (χ4n) is 3.04. The molecule has 5 nitrogen and oxygen atoms in total. The van der Waals surface area contributed by atoms with Gasteiger partial charge in [0.2, 0.25) is 0 Å². The van der Waals surface area contributed by atoms with Crippen molar-refractivity contribution in [2.24, 2.45) is 11.1 Å². The number of carbonyl (C=O) groups is 1. The maximum Gasteiger partial charge on any atom is 0.289 e. The molecule has 0 radical (unpaired) electrons. The van der Waals surface area contributed by atoms with Crippen LogP contribution in [0.4, 0.5) is 0 Å². The van der Waals surface area contributed by atoms with Gasteiger partial charge in [0.1, 0.15) is 17.9 Å². The summed E-state index contributed by atoms with van der Waals surface area (Å²) in [5, 5.41) is 0.892. The average Bonchev–Trinajstić information content (AvgIpc) is 3.04. The Labute approximate surface area is 159 Å². The van der Waals surface area contributed by atoms with Gasteiger partial charge < -0.3 is 19.8 Å². The smallest absolute Gasteiger partial charge is 0.289 e. The van der Waals surface area contributed by atoms with E-state index in [1.807, 2.05) is 68.4 Å². The summed E-state index contributed by atoms with van der Waals surface area (Å²) >= 11 is 0. The number of furan rings is 1. The minimum atomic E-state index is -0.170. The Bertz CT molecular complexity index is 916. The third kappa shape index (κ3) is 4.31. The van der Waals surface area contributed by atoms with Gasteiger partial charge in [-0.05, 0) is 30.2 Å². The van der Waals surface area contributed by atoms with Crippen LogP contribution in [0.3, 0.4) is 0 Å². The van der Waals surface area contributed by atoms with Crippen molar-refractivity contribution in [3.63, 3.8) is 0 Å². The van der Waals surface area contributed by atoms with Crippen molar-refractivity contribution in [3.05, 3.63) is 65.9 Å². The van der Waals surface area contributed by atoms with Crippen molar-refractivity contribution in [3.8, 4) is 5.75 Å². The fraction of sp³-hybridized carbons (Fsp3) is 0.318. The number of carbonyl (C=O) groups excluding carboxylic acids is 1. The minimum Gasteiger partial charge on any atom is -0.489 e. The predicted molar refractivity (Wildman–Crippen MR) is 107 cm³/mol. The monoisotopic (exact) mass is 366 g/mol. The molecule has 142 valence electrons. The van der Waals surface area contributed by atoms with Crippen LogP contribution < -0.4 is 10.5 Å². The molecule has 0 aliphatic carbocycles. The average molecular weight is 366 g/mol. The summed E-state index contributed by atoms with van der Waals surface area (Å²) in [6, 6.07) is 17.2. The van der Waals surface area contributed by atoms with Gasteiger partial charge in [0.05, 0.1) is 0 Å². The van der Waals surface area contributed by atoms with Gasteiger partial charge in [0, 0.05) is 24.5 Å². The van der Waals surface area contributed by atoms with Crippen molar-refractivity contribution in [1.82, 2.24) is 4.90 Å². The molecule has 3 aromatic rings. The van der Waals surface area contributed by atoms with E-state index in [-0.39, 0.29) is 17.9 Å². The van der Waals surface area contributed by atoms with E-state index >= 15 is 0 Å². The maximum atomic E-state index is 13.1. The molecule has 27 heavy (non-hydrogen) atoms. The van der Waals surface area contributed by atoms with E-state index < -0.39 is 0 Å². The zero-order valence-electron chi connectivity index (χ0n) is 16.1. The lowest BCUT2D eigenvalue weighted by Gasteiger charge is -2.28. The quantitative estimate of drug-likeness (QED) is 0.684. The van der Waals surface area contributed by atoms with Crippen LogP contribution in [0.1, 0.15) is 30.0 Å². The highest BCUT2D eigenvalue weighted by molar-refractivity contribution is 5.99. The Morgan fingerprint density at radius 1 is 1.11 bits per heavy atom. The highest BCUT2D eigenvalue weighted by atomic mass is 16.5. The topological polar surface area (TPSA) is 68.7 Å². The van der Waals surface area contributed by atoms with Crippen molar-refractivity contribution in [2.45, 2.75) is 20.5 Å². The SMILES string of the molecule is CN(CC(C)(C)CN)C(=O)c1oc2ccccc2c1COc1ccccc1. The van der Waals surface area contributed by atoms with Crippen LogP contribution in [-0.2, 0) is 6.61 Å². The van der Waals surface area contributed by atoms with E-state index in [1.54, 1.807) is 11.9 Å². The summed E-state index contributed by atoms with van der Waals surface area (Å²) in [5.41, 5.74) is 7.09. The first kappa shape index (κ1) is 19.0. The van der Waals surface area contributed by atoms with Gasteiger partial charge in [-0.15, -0.1) is 0 Å². The highest BCUT2D eigenvalue weighted by Gasteiger charge is 2.27. The van der Waals surface area contributed by atoms with Gasteiger partial charge in [0.15, 0.2) is 5.76 Å². The summed E-state index contributed by atoms with van der Waals surface area (Å²) in [7, 11) is 1.77. The molecular formula is C22H26N2O3. The minimum absolute atomic E-state index is 0.167. The lowest BCUT2D eigenvalue weighted by molar-refractivity contribution is 0.0707. The van der Waals surface area contributed by atoms with Crippen LogP contribution >= 0.6 is 0 Å². The van der Waals surface area contributed by atoms with Crippen LogP contribution in [-0.4, -0.2) is 30.9 Å². The van der Waals surface area contributed by atoms with Gasteiger partial charge in [-0.3, -0.25) is 4.79 Å². The molecule has 1 heterocycles. The zero-order chi connectivity index (χ0) is 19.4. The molecule has 1 aromatic heterocycles. The third-order valence-corrected chi connectivity index (χ3v) is 4.58. The van der Waals surface area contributed by atoms with E-state index in [2.05, 4.69) is 0 Å². The second-order valence-electron chi connectivity index (χ2n) is 7.54. The largest absolute Gasteiger partial charge is 0.489 e. The molecule has 5 heteroatoms. The number of benzene rings is 2. The van der Waals surface area contributed by atoms with Gasteiger partial charge >= 0.3 is 0 Å². The molecule has 0 aliphatic rings. The van der Waals surface area contributed by atoms with Crippen molar-refractivity contribution >= 4 is 16.9 Å². The summed E-state index contributed by atoms with van der Waals surface area (Å²) in [4.78, 5) is 14.7. The number of nitrogens with zero attached hydrogens (tertiary/aromatic N) is 1. The van der Waals surface area contributed by atoms with E-state index in [4.69, 9.17) is 14.9 Å². The van der Waals surface area contributed by atoms with Crippen molar-refractivity contribution < 1.29 is 13.9 Å². The van der Waals surface area contributed by atoms with E-state index in [1.165, 1.54) is 0 Å². The maximum absolute atomic E-state index is 13.1. The van der Waals surface area contributed by atoms with Crippen LogP contribution in [0.2, 0.25) is 0 Å². The van der Waals surface area contributed by atoms with Crippen molar-refractivity contribution in [2.75, 3.05) is 20.1 Å². The Kier molecular flexibility index (Phi) is 5.51. The third-order valence-electron chi connectivity index (χ3n) is 4.58. The second-order valence-corrected chi connectivity index (χ2v) is 7.54. The molecule has 0 unspecified atom stereocenters. The van der Waals surface area contributed by atoms with Gasteiger partial charge in [-0.2, -0.15) is 0 Å². The van der Waals surface area contributed by atoms with Crippen LogP contribution in [0.15, 0.2) is 59.0 Å². The standard InChI is InChI=1S/C22H26N2O3/c1-22(2,14-23)15-24(3)21(25)20-18(13-26-16-9-5-4-6-10-16)17-11-7-8-12-19(17)27-20/h4-12H,13-15,23H2,1-3H3. The molecule has 0 spiro atoms. The molecule has 2 aromatic carbocycles. The molecule has 0 aliphatic heterocycles. The van der Waals surface area contributed by atoms with Crippen LogP contribution in [0.25, 0.3) is 11.0 Å². The van der Waals surface area contributed by atoms with E-state index in [0.29, 0.717) is 24.4 Å². The molecule has 0 atom stereocenters. The Balaban J connectivity index is 1.91.